The van der Waals surface area contributed by atoms with Gasteiger partial charge in [0, 0.05) is 12.3 Å². The van der Waals surface area contributed by atoms with Crippen molar-refractivity contribution in [2.45, 2.75) is 44.7 Å². The van der Waals surface area contributed by atoms with Gasteiger partial charge in [0.25, 0.3) is 5.91 Å². The minimum Gasteiger partial charge on any atom is -0.542 e. The zero-order chi connectivity index (χ0) is 29.7. The number of amides is 2. The number of hydrogen-bond acceptors (Lipinski definition) is 8. The molecule has 1 unspecified atom stereocenters. The summed E-state index contributed by atoms with van der Waals surface area (Å²) in [6.45, 7) is 5.50. The number of thioether (sulfide) groups is 1. The lowest BCUT2D eigenvalue weighted by atomic mass is 10.0. The molecule has 0 aliphatic carbocycles. The maximum absolute atomic E-state index is 12.5. The van der Waals surface area contributed by atoms with Crippen LogP contribution in [0.15, 0.2) is 16.9 Å². The van der Waals surface area contributed by atoms with E-state index >= 15 is 0 Å². The zero-order valence-corrected chi connectivity index (χ0v) is 21.4. The van der Waals surface area contributed by atoms with Gasteiger partial charge in [-0.25, -0.2) is 0 Å². The molecular formula is C20H29F6N5O6S. The van der Waals surface area contributed by atoms with Crippen molar-refractivity contribution in [2.75, 3.05) is 31.6 Å². The Kier molecular flexibility index (Phi) is 15.0. The van der Waals surface area contributed by atoms with E-state index < -0.39 is 30.3 Å². The second kappa shape index (κ2) is 16.2. The molecule has 0 aromatic heterocycles. The number of rotatable bonds is 7. The molecule has 0 saturated carbocycles. The standard InChI is InChI=1S/C16H27N5O2S.2C2HF3O2/c1-11(2)6-13(20-16(23)14-10-24-5-4-17-14)15(22)18-7-12-8-19-21(3)9-12;2*3-2(4,5)1(6)7/h8-9,11,13-14,17H,4-7,10H2,1-3H3,(H,18,22)(H,20,23);2*(H,6,7)/t13-,14-;;/m0../s1. The molecule has 0 bridgehead atoms. The van der Waals surface area contributed by atoms with Crippen LogP contribution in [0.25, 0.3) is 0 Å². The Hall–Kier alpha value is -2.86. The lowest BCUT2D eigenvalue weighted by molar-refractivity contribution is -0.829. The predicted molar refractivity (Wildman–Crippen MR) is 118 cm³/mol. The first-order valence-electron chi connectivity index (χ1n) is 11.0. The highest BCUT2D eigenvalue weighted by Crippen LogP contribution is 2.12. The number of halogens is 6. The minimum atomic E-state index is -5.19. The fraction of sp³-hybridized carbons (Fsp3) is 0.650. The molecule has 1 fully saturated rings. The first-order valence-corrected chi connectivity index (χ1v) is 12.1. The highest BCUT2D eigenvalue weighted by molar-refractivity contribution is 7.99. The summed E-state index contributed by atoms with van der Waals surface area (Å²) in [4.78, 5) is 42.5. The Labute approximate surface area is 218 Å². The van der Waals surface area contributed by atoms with E-state index in [0.29, 0.717) is 18.9 Å². The largest absolute Gasteiger partial charge is 0.542 e. The molecule has 2 rings (SSSR count). The molecule has 2 heterocycles. The van der Waals surface area contributed by atoms with Crippen LogP contribution in [-0.4, -0.2) is 86.0 Å². The average Bonchev–Trinajstić information content (AvgIpc) is 3.22. The molecule has 5 N–H and O–H groups in total. The number of carbonyl (C=O) groups is 4. The van der Waals surface area contributed by atoms with Crippen molar-refractivity contribution in [3.8, 4) is 0 Å². The quantitative estimate of drug-likeness (QED) is 0.224. The molecule has 1 saturated heterocycles. The van der Waals surface area contributed by atoms with E-state index in [1.807, 2.05) is 13.2 Å². The van der Waals surface area contributed by atoms with Crippen LogP contribution in [0.5, 0.6) is 0 Å². The number of aliphatic carboxylic acids is 2. The van der Waals surface area contributed by atoms with Crippen LogP contribution in [0.4, 0.5) is 26.3 Å². The van der Waals surface area contributed by atoms with Crippen molar-refractivity contribution in [3.63, 3.8) is 0 Å². The van der Waals surface area contributed by atoms with Crippen molar-refractivity contribution in [1.29, 1.82) is 0 Å². The van der Waals surface area contributed by atoms with Crippen molar-refractivity contribution < 1.29 is 66.1 Å². The molecule has 11 nitrogen and oxygen atoms in total. The number of carboxylic acid groups (broad SMARTS) is 2. The van der Waals surface area contributed by atoms with Gasteiger partial charge in [-0.1, -0.05) is 18.9 Å². The molecule has 0 radical (unpaired) electrons. The summed E-state index contributed by atoms with van der Waals surface area (Å²) in [5.41, 5.74) is 0.979. The van der Waals surface area contributed by atoms with E-state index in [0.717, 1.165) is 28.6 Å². The Morgan fingerprint density at radius 1 is 1.13 bits per heavy atom. The summed E-state index contributed by atoms with van der Waals surface area (Å²) in [5.74, 6) is -3.96. The highest BCUT2D eigenvalue weighted by atomic mass is 32.2. The summed E-state index contributed by atoms with van der Waals surface area (Å²) in [7, 11) is 1.92. The molecule has 0 aromatic rings. The maximum atomic E-state index is 12.5. The summed E-state index contributed by atoms with van der Waals surface area (Å²) in [6.07, 6.45) is -6.04. The van der Waals surface area contributed by atoms with Crippen molar-refractivity contribution in [3.05, 3.63) is 11.8 Å². The van der Waals surface area contributed by atoms with E-state index in [1.54, 1.807) is 18.0 Å². The summed E-state index contributed by atoms with van der Waals surface area (Å²) in [6, 6.07) is -0.574. The first-order chi connectivity index (χ1) is 17.3. The molecular weight excluding hydrogens is 552 g/mol. The second-order valence-electron chi connectivity index (χ2n) is 8.30. The van der Waals surface area contributed by atoms with Gasteiger partial charge >= 0.3 is 12.4 Å². The Balaban J connectivity index is 0.000000804. The number of carbonyl (C=O) groups excluding carboxylic acids is 4. The van der Waals surface area contributed by atoms with Gasteiger partial charge in [-0.2, -0.15) is 31.4 Å². The van der Waals surface area contributed by atoms with E-state index in [-0.39, 0.29) is 17.9 Å². The number of carboxylic acids is 2. The first kappa shape index (κ1) is 35.1. The van der Waals surface area contributed by atoms with Gasteiger partial charge in [0.15, 0.2) is 6.04 Å². The summed E-state index contributed by atoms with van der Waals surface area (Å²) < 4.78 is 63.1. The van der Waals surface area contributed by atoms with Crippen molar-refractivity contribution in [2.24, 2.45) is 11.0 Å². The molecule has 3 atom stereocenters. The lowest BCUT2D eigenvalue weighted by Gasteiger charge is -2.24. The van der Waals surface area contributed by atoms with Crippen LogP contribution < -0.4 is 31.2 Å². The summed E-state index contributed by atoms with van der Waals surface area (Å²) in [5, 5.41) is 30.6. The number of quaternary nitrogens is 2. The third-order valence-corrected chi connectivity index (χ3v) is 5.56. The smallest absolute Gasteiger partial charge is 0.430 e. The molecule has 2 amide bonds. The third kappa shape index (κ3) is 15.4. The third-order valence-electron chi connectivity index (χ3n) is 4.45. The molecule has 0 aromatic carbocycles. The normalized spacial score (nSPS) is 19.7. The van der Waals surface area contributed by atoms with Gasteiger partial charge in [-0.3, -0.25) is 9.59 Å². The van der Waals surface area contributed by atoms with E-state index in [2.05, 4.69) is 34.9 Å². The topological polar surface area (TPSA) is 172 Å². The Bertz CT molecular complexity index is 851. The van der Waals surface area contributed by atoms with Crippen LogP contribution in [0, 0.1) is 5.92 Å². The number of hydrogen-bond donors (Lipinski definition) is 4. The van der Waals surface area contributed by atoms with Crippen molar-refractivity contribution >= 4 is 41.7 Å². The van der Waals surface area contributed by atoms with Crippen LogP contribution in [-0.2, 0) is 19.2 Å². The number of alkyl halides is 6. The second-order valence-corrected chi connectivity index (χ2v) is 9.45. The van der Waals surface area contributed by atoms with Gasteiger partial charge in [0.1, 0.15) is 24.2 Å². The zero-order valence-electron chi connectivity index (χ0n) is 20.6. The van der Waals surface area contributed by atoms with Crippen LogP contribution in [0.1, 0.15) is 20.3 Å². The number of nitrogens with zero attached hydrogens (tertiary/aromatic N) is 1. The molecule has 38 heavy (non-hydrogen) atoms. The Morgan fingerprint density at radius 3 is 2.03 bits per heavy atom. The van der Waals surface area contributed by atoms with Gasteiger partial charge < -0.3 is 35.8 Å². The van der Waals surface area contributed by atoms with Gasteiger partial charge in [-0.05, 0) is 12.3 Å². The highest BCUT2D eigenvalue weighted by Gasteiger charge is 2.30. The van der Waals surface area contributed by atoms with Gasteiger partial charge in [0.05, 0.1) is 31.1 Å². The molecule has 2 aliphatic heterocycles. The van der Waals surface area contributed by atoms with Gasteiger partial charge in [0.2, 0.25) is 5.91 Å². The van der Waals surface area contributed by atoms with E-state index in [9.17, 15) is 35.9 Å². The van der Waals surface area contributed by atoms with E-state index in [1.165, 1.54) is 0 Å². The van der Waals surface area contributed by atoms with Crippen LogP contribution in [0.3, 0.4) is 0 Å². The van der Waals surface area contributed by atoms with Gasteiger partial charge in [-0.15, -0.1) is 11.8 Å². The number of nitrogens with one attached hydrogen (secondary N) is 3. The SMILES string of the molecule is CC(C)C[C@H](NC(=O)[C@@H]1CSCC[NH2+]1)C(=O)NCC1=C[NH+](C)N=C1.O=C([O-])C(F)(F)F.O=C([O-])C(F)(F)F. The monoisotopic (exact) mass is 581 g/mol. The summed E-state index contributed by atoms with van der Waals surface area (Å²) >= 11 is 1.79. The maximum Gasteiger partial charge on any atom is 0.430 e. The molecule has 218 valence electrons. The molecule has 2 aliphatic rings. The van der Waals surface area contributed by atoms with E-state index in [4.69, 9.17) is 19.8 Å². The fourth-order valence-corrected chi connectivity index (χ4v) is 3.74. The minimum absolute atomic E-state index is 0.0335. The predicted octanol–water partition coefficient (Wildman–Crippen LogP) is -3.69. The van der Waals surface area contributed by atoms with Crippen molar-refractivity contribution in [1.82, 2.24) is 10.6 Å². The average molecular weight is 582 g/mol. The number of nitrogens with two attached hydrogens (primary N) is 1. The molecule has 18 heteroatoms. The lowest BCUT2D eigenvalue weighted by Crippen LogP contribution is -2.97. The fourth-order valence-electron chi connectivity index (χ4n) is 2.73. The van der Waals surface area contributed by atoms with Crippen LogP contribution >= 0.6 is 11.8 Å². The Morgan fingerprint density at radius 2 is 1.66 bits per heavy atom. The van der Waals surface area contributed by atoms with Crippen LogP contribution in [0.2, 0.25) is 0 Å². The molecule has 0 spiro atoms.